The molecular weight excluding hydrogens is 352 g/mol. The normalized spacial score (nSPS) is 15.8. The van der Waals surface area contributed by atoms with E-state index < -0.39 is 0 Å². The van der Waals surface area contributed by atoms with Crippen LogP contribution in [0.2, 0.25) is 0 Å². The molecule has 0 saturated carbocycles. The number of thioether (sulfide) groups is 1. The lowest BCUT2D eigenvalue weighted by molar-refractivity contribution is -0.113. The molecule has 4 rings (SSSR count). The van der Waals surface area contributed by atoms with Gasteiger partial charge < -0.3 is 19.7 Å². The number of nitrogens with zero attached hydrogens (tertiary/aromatic N) is 3. The third-order valence-corrected chi connectivity index (χ3v) is 5.23. The van der Waals surface area contributed by atoms with Crippen LogP contribution >= 0.6 is 11.8 Å². The second-order valence-electron chi connectivity index (χ2n) is 6.18. The standard InChI is InChI=1S/C18H20N4O3S/c23-17(19-13-4-5-14-15(10-13)25-12-24-14)11-26-18-7-6-16(20-21-18)22-8-2-1-3-9-22/h4-7,10H,1-3,8-9,11-12H2,(H,19,23). The summed E-state index contributed by atoms with van der Waals surface area (Å²) in [5, 5.41) is 12.1. The van der Waals surface area contributed by atoms with Crippen LogP contribution in [0.1, 0.15) is 19.3 Å². The Morgan fingerprint density at radius 1 is 1.08 bits per heavy atom. The van der Waals surface area contributed by atoms with Crippen molar-refractivity contribution in [2.45, 2.75) is 24.3 Å². The van der Waals surface area contributed by atoms with Crippen LogP contribution in [-0.4, -0.2) is 41.7 Å². The highest BCUT2D eigenvalue weighted by Gasteiger charge is 2.15. The van der Waals surface area contributed by atoms with Crippen molar-refractivity contribution in [3.05, 3.63) is 30.3 Å². The van der Waals surface area contributed by atoms with E-state index in [1.165, 1.54) is 31.0 Å². The Morgan fingerprint density at radius 3 is 2.73 bits per heavy atom. The number of amides is 1. The molecule has 1 N–H and O–H groups in total. The minimum atomic E-state index is -0.101. The molecule has 0 atom stereocenters. The Hall–Kier alpha value is -2.48. The number of anilines is 2. The molecular formula is C18H20N4O3S. The second-order valence-corrected chi connectivity index (χ2v) is 7.18. The van der Waals surface area contributed by atoms with Gasteiger partial charge in [0.25, 0.3) is 0 Å². The van der Waals surface area contributed by atoms with Crippen LogP contribution in [0.4, 0.5) is 11.5 Å². The fourth-order valence-corrected chi connectivity index (χ4v) is 3.61. The van der Waals surface area contributed by atoms with Gasteiger partial charge in [-0.3, -0.25) is 4.79 Å². The molecule has 0 bridgehead atoms. The maximum atomic E-state index is 12.1. The van der Waals surface area contributed by atoms with Crippen LogP contribution in [0.25, 0.3) is 0 Å². The Labute approximate surface area is 156 Å². The van der Waals surface area contributed by atoms with E-state index in [4.69, 9.17) is 9.47 Å². The van der Waals surface area contributed by atoms with Crippen molar-refractivity contribution >= 4 is 29.2 Å². The van der Waals surface area contributed by atoms with Gasteiger partial charge in [-0.2, -0.15) is 0 Å². The second kappa shape index (κ2) is 7.82. The number of hydrogen-bond acceptors (Lipinski definition) is 7. The lowest BCUT2D eigenvalue weighted by atomic mass is 10.1. The number of aromatic nitrogens is 2. The van der Waals surface area contributed by atoms with Crippen molar-refractivity contribution in [2.75, 3.05) is 35.9 Å². The number of benzene rings is 1. The highest BCUT2D eigenvalue weighted by molar-refractivity contribution is 7.99. The number of carbonyl (C=O) groups excluding carboxylic acids is 1. The van der Waals surface area contributed by atoms with Crippen LogP contribution in [0.15, 0.2) is 35.4 Å². The lowest BCUT2D eigenvalue weighted by Crippen LogP contribution is -2.30. The van der Waals surface area contributed by atoms with Gasteiger partial charge in [0, 0.05) is 24.8 Å². The van der Waals surface area contributed by atoms with Crippen LogP contribution in [0.5, 0.6) is 11.5 Å². The van der Waals surface area contributed by atoms with Gasteiger partial charge in [0.2, 0.25) is 12.7 Å². The molecule has 136 valence electrons. The quantitative estimate of drug-likeness (QED) is 0.809. The van der Waals surface area contributed by atoms with E-state index >= 15 is 0 Å². The lowest BCUT2D eigenvalue weighted by Gasteiger charge is -2.27. The first-order valence-corrected chi connectivity index (χ1v) is 9.67. The molecule has 0 unspecified atom stereocenters. The molecule has 0 spiro atoms. The topological polar surface area (TPSA) is 76.6 Å². The number of rotatable bonds is 5. The largest absolute Gasteiger partial charge is 0.454 e. The smallest absolute Gasteiger partial charge is 0.234 e. The van der Waals surface area contributed by atoms with Crippen molar-refractivity contribution in [1.29, 1.82) is 0 Å². The van der Waals surface area contributed by atoms with Gasteiger partial charge in [-0.25, -0.2) is 0 Å². The average molecular weight is 372 g/mol. The fraction of sp³-hybridized carbons (Fsp3) is 0.389. The average Bonchev–Trinajstić information content (AvgIpc) is 3.15. The fourth-order valence-electron chi connectivity index (χ4n) is 2.99. The maximum absolute atomic E-state index is 12.1. The van der Waals surface area contributed by atoms with Gasteiger partial charge in [-0.15, -0.1) is 10.2 Å². The molecule has 2 aliphatic rings. The molecule has 1 aromatic heterocycles. The highest BCUT2D eigenvalue weighted by Crippen LogP contribution is 2.34. The van der Waals surface area contributed by atoms with Gasteiger partial charge in [-0.05, 0) is 43.5 Å². The maximum Gasteiger partial charge on any atom is 0.234 e. The number of ether oxygens (including phenoxy) is 2. The van der Waals surface area contributed by atoms with E-state index in [1.807, 2.05) is 12.1 Å². The van der Waals surface area contributed by atoms with E-state index in [2.05, 4.69) is 20.4 Å². The summed E-state index contributed by atoms with van der Waals surface area (Å²) in [6.07, 6.45) is 3.70. The summed E-state index contributed by atoms with van der Waals surface area (Å²) in [5.74, 6) is 2.43. The zero-order valence-electron chi connectivity index (χ0n) is 14.3. The molecule has 0 aliphatic carbocycles. The first kappa shape index (κ1) is 17.0. The van der Waals surface area contributed by atoms with Gasteiger partial charge in [0.1, 0.15) is 5.03 Å². The van der Waals surface area contributed by atoms with Crippen molar-refractivity contribution in [3.63, 3.8) is 0 Å². The summed E-state index contributed by atoms with van der Waals surface area (Å²) in [4.78, 5) is 14.4. The summed E-state index contributed by atoms with van der Waals surface area (Å²) < 4.78 is 10.6. The Morgan fingerprint density at radius 2 is 1.92 bits per heavy atom. The summed E-state index contributed by atoms with van der Waals surface area (Å²) in [6.45, 7) is 2.30. The third-order valence-electron chi connectivity index (χ3n) is 4.31. The van der Waals surface area contributed by atoms with E-state index in [-0.39, 0.29) is 18.5 Å². The number of carbonyl (C=O) groups is 1. The minimum Gasteiger partial charge on any atom is -0.454 e. The highest BCUT2D eigenvalue weighted by atomic mass is 32.2. The van der Waals surface area contributed by atoms with Crippen LogP contribution < -0.4 is 19.7 Å². The van der Waals surface area contributed by atoms with Crippen molar-refractivity contribution in [2.24, 2.45) is 0 Å². The van der Waals surface area contributed by atoms with Crippen molar-refractivity contribution < 1.29 is 14.3 Å². The van der Waals surface area contributed by atoms with E-state index in [0.29, 0.717) is 17.2 Å². The van der Waals surface area contributed by atoms with E-state index in [1.54, 1.807) is 18.2 Å². The Balaban J connectivity index is 1.28. The first-order chi connectivity index (χ1) is 12.8. The van der Waals surface area contributed by atoms with Crippen molar-refractivity contribution in [1.82, 2.24) is 10.2 Å². The first-order valence-electron chi connectivity index (χ1n) is 8.69. The molecule has 26 heavy (non-hydrogen) atoms. The molecule has 2 aromatic rings. The minimum absolute atomic E-state index is 0.101. The van der Waals surface area contributed by atoms with Gasteiger partial charge in [0.05, 0.1) is 5.75 Å². The SMILES string of the molecule is O=C(CSc1ccc(N2CCCCC2)nn1)Nc1ccc2c(c1)OCO2. The number of fused-ring (bicyclic) bond motifs is 1. The monoisotopic (exact) mass is 372 g/mol. The Bertz CT molecular complexity index is 779. The molecule has 2 aliphatic heterocycles. The summed E-state index contributed by atoms with van der Waals surface area (Å²) >= 11 is 1.37. The predicted molar refractivity (Wildman–Crippen MR) is 100 cm³/mol. The Kier molecular flexibility index (Phi) is 5.10. The molecule has 8 heteroatoms. The summed E-state index contributed by atoms with van der Waals surface area (Å²) in [7, 11) is 0. The molecule has 1 fully saturated rings. The predicted octanol–water partition coefficient (Wildman–Crippen LogP) is 2.93. The summed E-state index contributed by atoms with van der Waals surface area (Å²) in [5.41, 5.74) is 0.686. The molecule has 1 aromatic carbocycles. The van der Waals surface area contributed by atoms with Crippen LogP contribution in [0.3, 0.4) is 0 Å². The third kappa shape index (κ3) is 4.01. The summed E-state index contributed by atoms with van der Waals surface area (Å²) in [6, 6.07) is 9.25. The van der Waals surface area contributed by atoms with Crippen LogP contribution in [0, 0.1) is 0 Å². The van der Waals surface area contributed by atoms with Crippen molar-refractivity contribution in [3.8, 4) is 11.5 Å². The zero-order chi connectivity index (χ0) is 17.8. The molecule has 7 nitrogen and oxygen atoms in total. The zero-order valence-corrected chi connectivity index (χ0v) is 15.1. The number of piperidine rings is 1. The molecule has 1 amide bonds. The van der Waals surface area contributed by atoms with Gasteiger partial charge >= 0.3 is 0 Å². The van der Waals surface area contributed by atoms with E-state index in [9.17, 15) is 4.79 Å². The van der Waals surface area contributed by atoms with Gasteiger partial charge in [0.15, 0.2) is 17.3 Å². The molecule has 1 saturated heterocycles. The van der Waals surface area contributed by atoms with E-state index in [0.717, 1.165) is 23.9 Å². The number of hydrogen-bond donors (Lipinski definition) is 1. The molecule has 0 radical (unpaired) electrons. The van der Waals surface area contributed by atoms with Crippen LogP contribution in [-0.2, 0) is 4.79 Å². The van der Waals surface area contributed by atoms with Gasteiger partial charge in [-0.1, -0.05) is 11.8 Å². The molecule has 3 heterocycles. The number of nitrogens with one attached hydrogen (secondary N) is 1.